The molecule has 3 heterocycles. The van der Waals surface area contributed by atoms with Gasteiger partial charge >= 0.3 is 5.69 Å². The van der Waals surface area contributed by atoms with E-state index >= 15 is 0 Å². The molecule has 1 aliphatic heterocycles. The summed E-state index contributed by atoms with van der Waals surface area (Å²) >= 11 is 0. The Morgan fingerprint density at radius 1 is 1.24 bits per heavy atom. The summed E-state index contributed by atoms with van der Waals surface area (Å²) in [5, 5.41) is 5.29. The number of aromatic nitrogens is 3. The van der Waals surface area contributed by atoms with Crippen molar-refractivity contribution in [2.75, 3.05) is 20.2 Å². The second-order valence-corrected chi connectivity index (χ2v) is 7.41. The summed E-state index contributed by atoms with van der Waals surface area (Å²) in [7, 11) is 1.57. The Morgan fingerprint density at radius 3 is 2.62 bits per heavy atom. The van der Waals surface area contributed by atoms with Crippen molar-refractivity contribution in [2.45, 2.75) is 26.3 Å². The molecular weight excluding hydrogens is 374 g/mol. The molecule has 9 nitrogen and oxygen atoms in total. The Morgan fingerprint density at radius 2 is 1.97 bits per heavy atom. The van der Waals surface area contributed by atoms with Crippen molar-refractivity contribution in [1.29, 1.82) is 0 Å². The average molecular weight is 397 g/mol. The molecule has 29 heavy (non-hydrogen) atoms. The standard InChI is InChI=1S/C20H23N5O4/c1-12-9-14-3-4-15(29-2)10-16(14)25-19(12)22-24(20(25)28)11-17(26)23-7-5-13(6-8-23)18(21)27/h3-4,9-10,13H,5-8,11H2,1-2H3,(H2,21,27). The van der Waals surface area contributed by atoms with E-state index in [-0.39, 0.29) is 30.0 Å². The lowest BCUT2D eigenvalue weighted by atomic mass is 9.96. The second kappa shape index (κ2) is 7.23. The van der Waals surface area contributed by atoms with Crippen LogP contribution in [0.4, 0.5) is 0 Å². The van der Waals surface area contributed by atoms with Crippen LogP contribution < -0.4 is 16.2 Å². The Balaban J connectivity index is 1.66. The third kappa shape index (κ3) is 3.32. The van der Waals surface area contributed by atoms with Crippen molar-refractivity contribution in [2.24, 2.45) is 11.7 Å². The van der Waals surface area contributed by atoms with E-state index in [9.17, 15) is 14.4 Å². The van der Waals surface area contributed by atoms with Gasteiger partial charge < -0.3 is 15.4 Å². The van der Waals surface area contributed by atoms with Crippen molar-refractivity contribution in [3.05, 3.63) is 40.3 Å². The molecule has 1 aromatic carbocycles. The molecule has 1 fully saturated rings. The quantitative estimate of drug-likeness (QED) is 0.696. The molecule has 0 spiro atoms. The lowest BCUT2D eigenvalue weighted by Crippen LogP contribution is -2.44. The monoisotopic (exact) mass is 397 g/mol. The van der Waals surface area contributed by atoms with Gasteiger partial charge in [0.2, 0.25) is 11.8 Å². The van der Waals surface area contributed by atoms with Gasteiger partial charge in [0.25, 0.3) is 0 Å². The van der Waals surface area contributed by atoms with Crippen LogP contribution in [0, 0.1) is 12.8 Å². The summed E-state index contributed by atoms with van der Waals surface area (Å²) in [6.07, 6.45) is 1.09. The normalized spacial score (nSPS) is 15.2. The number of fused-ring (bicyclic) bond motifs is 3. The summed E-state index contributed by atoms with van der Waals surface area (Å²) in [5.74, 6) is -0.0823. The molecule has 0 radical (unpaired) electrons. The molecule has 1 aliphatic rings. The number of pyridine rings is 1. The highest BCUT2D eigenvalue weighted by atomic mass is 16.5. The van der Waals surface area contributed by atoms with E-state index in [1.807, 2.05) is 25.1 Å². The van der Waals surface area contributed by atoms with Crippen LogP contribution in [0.1, 0.15) is 18.4 Å². The SMILES string of the molecule is COc1ccc2cc(C)c3nn(CC(=O)N4CCC(C(N)=O)CC4)c(=O)n3c2c1. The maximum Gasteiger partial charge on any atom is 0.351 e. The maximum absolute atomic E-state index is 13.0. The summed E-state index contributed by atoms with van der Waals surface area (Å²) < 4.78 is 7.99. The highest BCUT2D eigenvalue weighted by molar-refractivity contribution is 5.85. The van der Waals surface area contributed by atoms with Crippen LogP contribution in [0.15, 0.2) is 29.1 Å². The smallest absolute Gasteiger partial charge is 0.351 e. The van der Waals surface area contributed by atoms with Gasteiger partial charge in [-0.05, 0) is 48.9 Å². The number of nitrogens with zero attached hydrogens (tertiary/aromatic N) is 4. The van der Waals surface area contributed by atoms with Gasteiger partial charge in [0, 0.05) is 25.1 Å². The Kier molecular flexibility index (Phi) is 4.73. The predicted molar refractivity (Wildman–Crippen MR) is 107 cm³/mol. The van der Waals surface area contributed by atoms with Crippen LogP contribution in [0.3, 0.4) is 0 Å². The van der Waals surface area contributed by atoms with Crippen LogP contribution in [-0.4, -0.2) is 51.1 Å². The van der Waals surface area contributed by atoms with E-state index in [0.717, 1.165) is 10.9 Å². The van der Waals surface area contributed by atoms with E-state index in [1.165, 1.54) is 9.08 Å². The minimum Gasteiger partial charge on any atom is -0.497 e. The van der Waals surface area contributed by atoms with Crippen LogP contribution in [-0.2, 0) is 16.1 Å². The van der Waals surface area contributed by atoms with Crippen molar-refractivity contribution < 1.29 is 14.3 Å². The number of piperidine rings is 1. The third-order valence-electron chi connectivity index (χ3n) is 5.58. The van der Waals surface area contributed by atoms with Crippen molar-refractivity contribution in [3.63, 3.8) is 0 Å². The zero-order chi connectivity index (χ0) is 20.7. The van der Waals surface area contributed by atoms with Gasteiger partial charge in [-0.15, -0.1) is 5.10 Å². The van der Waals surface area contributed by atoms with Gasteiger partial charge in [0.05, 0.1) is 12.6 Å². The molecule has 0 saturated carbocycles. The lowest BCUT2D eigenvalue weighted by molar-refractivity contribution is -0.135. The number of carbonyl (C=O) groups is 2. The van der Waals surface area contributed by atoms with Crippen molar-refractivity contribution >= 4 is 28.4 Å². The van der Waals surface area contributed by atoms with Gasteiger partial charge in [-0.1, -0.05) is 0 Å². The first kappa shape index (κ1) is 19.0. The number of primary amides is 1. The number of ether oxygens (including phenoxy) is 1. The molecule has 0 unspecified atom stereocenters. The fraction of sp³-hybridized carbons (Fsp3) is 0.400. The molecule has 152 valence electrons. The number of aryl methyl sites for hydroxylation is 1. The Hall–Kier alpha value is -3.36. The largest absolute Gasteiger partial charge is 0.497 e. The maximum atomic E-state index is 13.0. The lowest BCUT2D eigenvalue weighted by Gasteiger charge is -2.30. The molecule has 4 rings (SSSR count). The van der Waals surface area contributed by atoms with E-state index in [4.69, 9.17) is 10.5 Å². The molecule has 9 heteroatoms. The van der Waals surface area contributed by atoms with E-state index in [0.29, 0.717) is 42.8 Å². The molecule has 0 bridgehead atoms. The van der Waals surface area contributed by atoms with Gasteiger partial charge in [-0.25, -0.2) is 13.9 Å². The number of carbonyl (C=O) groups excluding carboxylic acids is 2. The molecule has 0 aliphatic carbocycles. The third-order valence-corrected chi connectivity index (χ3v) is 5.58. The van der Waals surface area contributed by atoms with E-state index in [2.05, 4.69) is 5.10 Å². The number of hydrogen-bond acceptors (Lipinski definition) is 5. The van der Waals surface area contributed by atoms with Crippen LogP contribution in [0.5, 0.6) is 5.75 Å². The fourth-order valence-electron chi connectivity index (χ4n) is 3.89. The number of amides is 2. The number of benzene rings is 1. The molecule has 2 N–H and O–H groups in total. The molecule has 0 atom stereocenters. The van der Waals surface area contributed by atoms with Crippen molar-refractivity contribution in [3.8, 4) is 5.75 Å². The number of rotatable bonds is 4. The summed E-state index contributed by atoms with van der Waals surface area (Å²) in [4.78, 5) is 38.7. The number of methoxy groups -OCH3 is 1. The molecule has 2 aromatic heterocycles. The van der Waals surface area contributed by atoms with Gasteiger partial charge in [0.15, 0.2) is 5.65 Å². The van der Waals surface area contributed by atoms with E-state index in [1.54, 1.807) is 18.1 Å². The average Bonchev–Trinajstić information content (AvgIpc) is 3.05. The highest BCUT2D eigenvalue weighted by Crippen LogP contribution is 2.23. The molecule has 2 amide bonds. The molecule has 3 aromatic rings. The summed E-state index contributed by atoms with van der Waals surface area (Å²) in [5.41, 5.74) is 7.00. The zero-order valence-electron chi connectivity index (χ0n) is 16.4. The van der Waals surface area contributed by atoms with Gasteiger partial charge in [-0.3, -0.25) is 9.59 Å². The summed E-state index contributed by atoms with van der Waals surface area (Å²) in [6, 6.07) is 7.46. The predicted octanol–water partition coefficient (Wildman–Crippen LogP) is 0.690. The summed E-state index contributed by atoms with van der Waals surface area (Å²) in [6.45, 7) is 2.64. The van der Waals surface area contributed by atoms with Crippen molar-refractivity contribution in [1.82, 2.24) is 19.1 Å². The Bertz CT molecular complexity index is 1170. The first-order valence-electron chi connectivity index (χ1n) is 9.53. The number of likely N-dealkylation sites (tertiary alicyclic amines) is 1. The first-order chi connectivity index (χ1) is 13.9. The first-order valence-corrected chi connectivity index (χ1v) is 9.53. The minimum absolute atomic E-state index is 0.146. The highest BCUT2D eigenvalue weighted by Gasteiger charge is 2.26. The Labute approximate surface area is 166 Å². The van der Waals surface area contributed by atoms with Crippen LogP contribution >= 0.6 is 0 Å². The molecule has 1 saturated heterocycles. The number of hydrogen-bond donors (Lipinski definition) is 1. The van der Waals surface area contributed by atoms with E-state index < -0.39 is 0 Å². The molecular formula is C20H23N5O4. The minimum atomic E-state index is -0.373. The zero-order valence-corrected chi connectivity index (χ0v) is 16.4. The fourth-order valence-corrected chi connectivity index (χ4v) is 3.89. The van der Waals surface area contributed by atoms with Crippen LogP contribution in [0.2, 0.25) is 0 Å². The van der Waals surface area contributed by atoms with Crippen LogP contribution in [0.25, 0.3) is 16.6 Å². The number of nitrogens with two attached hydrogens (primary N) is 1. The second-order valence-electron chi connectivity index (χ2n) is 7.41. The topological polar surface area (TPSA) is 112 Å². The van der Waals surface area contributed by atoms with Gasteiger partial charge in [-0.2, -0.15) is 0 Å². The van der Waals surface area contributed by atoms with Gasteiger partial charge in [0.1, 0.15) is 12.3 Å².